The topological polar surface area (TPSA) is 102 Å². The molecule has 24 heavy (non-hydrogen) atoms. The lowest BCUT2D eigenvalue weighted by molar-refractivity contribution is -0.150. The van der Waals surface area contributed by atoms with E-state index in [4.69, 9.17) is 9.47 Å². The van der Waals surface area contributed by atoms with E-state index in [2.05, 4.69) is 5.32 Å². The molecule has 7 nitrogen and oxygen atoms in total. The Morgan fingerprint density at radius 1 is 1.21 bits per heavy atom. The van der Waals surface area contributed by atoms with Crippen molar-refractivity contribution in [2.24, 2.45) is 5.92 Å². The molecule has 0 fully saturated rings. The minimum atomic E-state index is -1.22. The van der Waals surface area contributed by atoms with Crippen molar-refractivity contribution >= 4 is 17.8 Å². The Hall–Kier alpha value is -2.41. The number of rotatable bonds is 9. The standard InChI is InChI=1S/C17H23NO6/c1-4-24-17(22)11(2)10-13(16(20)21)18-15(19)14(23-3)12-8-6-5-7-9-12/h5-9,11,13-14H,4,10H2,1-3H3,(H,18,19)(H,20,21)/t11-,13-,14+/m0/s1. The number of hydrogen-bond donors (Lipinski definition) is 2. The molecule has 0 radical (unpaired) electrons. The van der Waals surface area contributed by atoms with Crippen molar-refractivity contribution in [1.29, 1.82) is 0 Å². The highest BCUT2D eigenvalue weighted by Crippen LogP contribution is 2.17. The number of methoxy groups -OCH3 is 1. The first kappa shape index (κ1) is 19.6. The third-order valence-corrected chi connectivity index (χ3v) is 3.47. The van der Waals surface area contributed by atoms with Gasteiger partial charge in [-0.2, -0.15) is 0 Å². The van der Waals surface area contributed by atoms with Gasteiger partial charge in [0.05, 0.1) is 12.5 Å². The quantitative estimate of drug-likeness (QED) is 0.663. The third kappa shape index (κ3) is 5.66. The summed E-state index contributed by atoms with van der Waals surface area (Å²) in [5.74, 6) is -2.94. The average molecular weight is 337 g/mol. The van der Waals surface area contributed by atoms with Gasteiger partial charge in [0.15, 0.2) is 6.10 Å². The van der Waals surface area contributed by atoms with Crippen LogP contribution in [0.15, 0.2) is 30.3 Å². The fourth-order valence-electron chi connectivity index (χ4n) is 2.23. The van der Waals surface area contributed by atoms with Gasteiger partial charge in [-0.3, -0.25) is 9.59 Å². The van der Waals surface area contributed by atoms with E-state index in [-0.39, 0.29) is 13.0 Å². The summed E-state index contributed by atoms with van der Waals surface area (Å²) in [6, 6.07) is 7.53. The summed E-state index contributed by atoms with van der Waals surface area (Å²) in [5.41, 5.74) is 0.611. The Morgan fingerprint density at radius 2 is 1.83 bits per heavy atom. The molecule has 0 spiro atoms. The lowest BCUT2D eigenvalue weighted by Gasteiger charge is -2.21. The van der Waals surface area contributed by atoms with E-state index in [0.717, 1.165) is 0 Å². The molecule has 2 N–H and O–H groups in total. The van der Waals surface area contributed by atoms with Crippen molar-refractivity contribution in [2.45, 2.75) is 32.4 Å². The van der Waals surface area contributed by atoms with Crippen molar-refractivity contribution in [3.05, 3.63) is 35.9 Å². The first-order valence-corrected chi connectivity index (χ1v) is 7.68. The number of esters is 1. The third-order valence-electron chi connectivity index (χ3n) is 3.47. The van der Waals surface area contributed by atoms with Crippen molar-refractivity contribution in [3.8, 4) is 0 Å². The van der Waals surface area contributed by atoms with Gasteiger partial charge in [-0.05, 0) is 18.9 Å². The van der Waals surface area contributed by atoms with Crippen LogP contribution in [0.2, 0.25) is 0 Å². The predicted octanol–water partition coefficient (Wildman–Crippen LogP) is 1.53. The summed E-state index contributed by atoms with van der Waals surface area (Å²) in [6.07, 6.45) is -0.989. The predicted molar refractivity (Wildman–Crippen MR) is 86.2 cm³/mol. The Bertz CT molecular complexity index is 559. The summed E-state index contributed by atoms with van der Waals surface area (Å²) < 4.78 is 10.0. The van der Waals surface area contributed by atoms with Gasteiger partial charge in [0.25, 0.3) is 5.91 Å². The fourth-order valence-corrected chi connectivity index (χ4v) is 2.23. The fraction of sp³-hybridized carbons (Fsp3) is 0.471. The summed E-state index contributed by atoms with van der Waals surface area (Å²) in [4.78, 5) is 35.4. The monoisotopic (exact) mass is 337 g/mol. The largest absolute Gasteiger partial charge is 0.480 e. The van der Waals surface area contributed by atoms with Gasteiger partial charge >= 0.3 is 11.9 Å². The number of nitrogens with one attached hydrogen (secondary N) is 1. The molecule has 1 rings (SSSR count). The maximum Gasteiger partial charge on any atom is 0.326 e. The smallest absolute Gasteiger partial charge is 0.326 e. The zero-order chi connectivity index (χ0) is 18.1. The van der Waals surface area contributed by atoms with Gasteiger partial charge < -0.3 is 19.9 Å². The Labute approximate surface area is 141 Å². The molecular weight excluding hydrogens is 314 g/mol. The van der Waals surface area contributed by atoms with E-state index in [1.165, 1.54) is 7.11 Å². The molecular formula is C17H23NO6. The van der Waals surface area contributed by atoms with Crippen molar-refractivity contribution in [1.82, 2.24) is 5.32 Å². The van der Waals surface area contributed by atoms with E-state index in [9.17, 15) is 19.5 Å². The molecule has 0 aromatic heterocycles. The molecule has 0 unspecified atom stereocenters. The maximum atomic E-state index is 12.4. The van der Waals surface area contributed by atoms with E-state index < -0.39 is 35.9 Å². The second-order valence-electron chi connectivity index (χ2n) is 5.31. The minimum Gasteiger partial charge on any atom is -0.480 e. The number of carbonyl (C=O) groups excluding carboxylic acids is 2. The molecule has 0 aliphatic rings. The van der Waals surface area contributed by atoms with E-state index >= 15 is 0 Å². The normalized spacial score (nSPS) is 14.3. The highest BCUT2D eigenvalue weighted by molar-refractivity contribution is 5.87. The minimum absolute atomic E-state index is 0.0644. The number of aliphatic carboxylic acids is 1. The van der Waals surface area contributed by atoms with Crippen LogP contribution in [0.4, 0.5) is 0 Å². The Kier molecular flexibility index (Phi) is 7.91. The van der Waals surface area contributed by atoms with Crippen LogP contribution in [0.25, 0.3) is 0 Å². The van der Waals surface area contributed by atoms with Crippen LogP contribution in [0.1, 0.15) is 31.9 Å². The van der Waals surface area contributed by atoms with Gasteiger partial charge in [0.1, 0.15) is 6.04 Å². The lowest BCUT2D eigenvalue weighted by atomic mass is 10.0. The van der Waals surface area contributed by atoms with E-state index in [0.29, 0.717) is 5.56 Å². The van der Waals surface area contributed by atoms with E-state index in [1.807, 2.05) is 0 Å². The zero-order valence-corrected chi connectivity index (χ0v) is 14.0. The van der Waals surface area contributed by atoms with Gasteiger partial charge in [0.2, 0.25) is 0 Å². The summed E-state index contributed by atoms with van der Waals surface area (Å²) in [5, 5.41) is 11.7. The van der Waals surface area contributed by atoms with Gasteiger partial charge in [0, 0.05) is 7.11 Å². The SMILES string of the molecule is CCOC(=O)[C@@H](C)C[C@H](NC(=O)[C@H](OC)c1ccccc1)C(=O)O. The molecule has 132 valence electrons. The molecule has 0 aliphatic heterocycles. The summed E-state index contributed by atoms with van der Waals surface area (Å²) in [7, 11) is 1.37. The summed E-state index contributed by atoms with van der Waals surface area (Å²) in [6.45, 7) is 3.45. The average Bonchev–Trinajstić information content (AvgIpc) is 2.55. The van der Waals surface area contributed by atoms with Crippen molar-refractivity contribution in [2.75, 3.05) is 13.7 Å². The molecule has 7 heteroatoms. The first-order valence-electron chi connectivity index (χ1n) is 7.68. The van der Waals surface area contributed by atoms with Gasteiger partial charge in [-0.25, -0.2) is 4.79 Å². The molecule has 1 amide bonds. The maximum absolute atomic E-state index is 12.4. The van der Waals surface area contributed by atoms with Crippen LogP contribution >= 0.6 is 0 Å². The molecule has 1 aromatic rings. The second-order valence-corrected chi connectivity index (χ2v) is 5.31. The number of carboxylic acids is 1. The molecule has 0 saturated carbocycles. The van der Waals surface area contributed by atoms with Crippen LogP contribution < -0.4 is 5.32 Å². The lowest BCUT2D eigenvalue weighted by Crippen LogP contribution is -2.45. The second kappa shape index (κ2) is 9.67. The van der Waals surface area contributed by atoms with Crippen LogP contribution in [0.5, 0.6) is 0 Å². The number of carbonyl (C=O) groups is 3. The Morgan fingerprint density at radius 3 is 2.33 bits per heavy atom. The highest BCUT2D eigenvalue weighted by atomic mass is 16.5. The highest BCUT2D eigenvalue weighted by Gasteiger charge is 2.29. The molecule has 0 heterocycles. The van der Waals surface area contributed by atoms with Crippen molar-refractivity contribution < 1.29 is 29.0 Å². The number of hydrogen-bond acceptors (Lipinski definition) is 5. The number of benzene rings is 1. The number of ether oxygens (including phenoxy) is 2. The molecule has 0 bridgehead atoms. The van der Waals surface area contributed by atoms with Crippen LogP contribution in [0.3, 0.4) is 0 Å². The van der Waals surface area contributed by atoms with Gasteiger partial charge in [-0.15, -0.1) is 0 Å². The molecule has 0 aliphatic carbocycles. The summed E-state index contributed by atoms with van der Waals surface area (Å²) >= 11 is 0. The zero-order valence-electron chi connectivity index (χ0n) is 14.0. The van der Waals surface area contributed by atoms with Gasteiger partial charge in [-0.1, -0.05) is 37.3 Å². The van der Waals surface area contributed by atoms with Crippen LogP contribution in [-0.4, -0.2) is 42.7 Å². The first-order chi connectivity index (χ1) is 11.4. The molecule has 0 saturated heterocycles. The van der Waals surface area contributed by atoms with E-state index in [1.54, 1.807) is 44.2 Å². The van der Waals surface area contributed by atoms with Crippen LogP contribution in [0, 0.1) is 5.92 Å². The Balaban J connectivity index is 2.78. The van der Waals surface area contributed by atoms with Crippen molar-refractivity contribution in [3.63, 3.8) is 0 Å². The number of carboxylic acid groups (broad SMARTS) is 1. The van der Waals surface area contributed by atoms with Crippen LogP contribution in [-0.2, 0) is 23.9 Å². The number of amides is 1. The molecule has 1 aromatic carbocycles. The molecule has 3 atom stereocenters.